The van der Waals surface area contributed by atoms with Gasteiger partial charge in [-0.05, 0) is 63.2 Å². The maximum atomic E-state index is 12.4. The lowest BCUT2D eigenvalue weighted by Gasteiger charge is -2.34. The number of Topliss-reactive ketones (excluding diaryl/α,β-unsaturated/α-hetero) is 1. The fourth-order valence-corrected chi connectivity index (χ4v) is 2.89. The highest BCUT2D eigenvalue weighted by Crippen LogP contribution is 2.15. The van der Waals surface area contributed by atoms with Crippen LogP contribution < -0.4 is 5.32 Å². The second kappa shape index (κ2) is 7.77. The van der Waals surface area contributed by atoms with Crippen LogP contribution in [0.15, 0.2) is 24.3 Å². The molecule has 2 rings (SSSR count). The lowest BCUT2D eigenvalue weighted by Crippen LogP contribution is -2.45. The zero-order chi connectivity index (χ0) is 14.4. The lowest BCUT2D eigenvalue weighted by atomic mass is 10.0. The maximum Gasteiger partial charge on any atom is 0.176 e. The van der Waals surface area contributed by atoms with Crippen LogP contribution in [0.3, 0.4) is 0 Å². The summed E-state index contributed by atoms with van der Waals surface area (Å²) in [5, 5.41) is 4.05. The standard InChI is InChI=1S/C16H23ClN2O/c1-2-11-19(15-7-9-18-10-8-15)12-16(20)13-3-5-14(17)6-4-13/h3-6,15,18H,2,7-12H2,1H3. The third-order valence-corrected chi connectivity index (χ3v) is 4.10. The number of hydrogen-bond acceptors (Lipinski definition) is 3. The van der Waals surface area contributed by atoms with Crippen LogP contribution in [-0.2, 0) is 0 Å². The molecule has 0 bridgehead atoms. The maximum absolute atomic E-state index is 12.4. The van der Waals surface area contributed by atoms with Gasteiger partial charge in [0.05, 0.1) is 6.54 Å². The van der Waals surface area contributed by atoms with E-state index in [2.05, 4.69) is 17.1 Å². The molecule has 0 amide bonds. The van der Waals surface area contributed by atoms with Gasteiger partial charge in [0.25, 0.3) is 0 Å². The molecular weight excluding hydrogens is 272 g/mol. The van der Waals surface area contributed by atoms with Gasteiger partial charge in [-0.15, -0.1) is 0 Å². The lowest BCUT2D eigenvalue weighted by molar-refractivity contribution is 0.0865. The van der Waals surface area contributed by atoms with Crippen LogP contribution in [0.1, 0.15) is 36.5 Å². The van der Waals surface area contributed by atoms with E-state index in [4.69, 9.17) is 11.6 Å². The number of halogens is 1. The molecule has 0 radical (unpaired) electrons. The van der Waals surface area contributed by atoms with Gasteiger partial charge in [0.15, 0.2) is 5.78 Å². The Morgan fingerprint density at radius 2 is 1.95 bits per heavy atom. The zero-order valence-corrected chi connectivity index (χ0v) is 12.8. The molecule has 110 valence electrons. The molecule has 1 heterocycles. The Labute approximate surface area is 126 Å². The molecule has 1 fully saturated rings. The van der Waals surface area contributed by atoms with Gasteiger partial charge in [-0.3, -0.25) is 9.69 Å². The molecule has 0 atom stereocenters. The molecular formula is C16H23ClN2O. The van der Waals surface area contributed by atoms with Gasteiger partial charge in [0, 0.05) is 16.6 Å². The molecule has 0 spiro atoms. The number of nitrogens with one attached hydrogen (secondary N) is 1. The number of hydrogen-bond donors (Lipinski definition) is 1. The Kier molecular flexibility index (Phi) is 6.02. The van der Waals surface area contributed by atoms with Crippen LogP contribution in [0.5, 0.6) is 0 Å². The van der Waals surface area contributed by atoms with Crippen LogP contribution >= 0.6 is 11.6 Å². The van der Waals surface area contributed by atoms with Crippen molar-refractivity contribution < 1.29 is 4.79 Å². The van der Waals surface area contributed by atoms with Crippen LogP contribution in [0.2, 0.25) is 5.02 Å². The molecule has 20 heavy (non-hydrogen) atoms. The van der Waals surface area contributed by atoms with Crippen LogP contribution in [0, 0.1) is 0 Å². The van der Waals surface area contributed by atoms with E-state index in [9.17, 15) is 4.79 Å². The van der Waals surface area contributed by atoms with Gasteiger partial charge in [0.2, 0.25) is 0 Å². The molecule has 0 aromatic heterocycles. The number of benzene rings is 1. The normalized spacial score (nSPS) is 16.6. The fraction of sp³-hybridized carbons (Fsp3) is 0.562. The van der Waals surface area contributed by atoms with Crippen molar-refractivity contribution in [1.29, 1.82) is 0 Å². The fourth-order valence-electron chi connectivity index (χ4n) is 2.76. The van der Waals surface area contributed by atoms with Gasteiger partial charge in [-0.1, -0.05) is 18.5 Å². The highest BCUT2D eigenvalue weighted by molar-refractivity contribution is 6.30. The second-order valence-corrected chi connectivity index (χ2v) is 5.82. The summed E-state index contributed by atoms with van der Waals surface area (Å²) in [5.41, 5.74) is 0.754. The third-order valence-electron chi connectivity index (χ3n) is 3.85. The summed E-state index contributed by atoms with van der Waals surface area (Å²) in [6, 6.07) is 7.73. The van der Waals surface area contributed by atoms with E-state index in [1.54, 1.807) is 12.1 Å². The second-order valence-electron chi connectivity index (χ2n) is 5.38. The van der Waals surface area contributed by atoms with Crippen molar-refractivity contribution in [2.45, 2.75) is 32.2 Å². The quantitative estimate of drug-likeness (QED) is 0.819. The van der Waals surface area contributed by atoms with Crippen LogP contribution in [-0.4, -0.2) is 42.9 Å². The summed E-state index contributed by atoms with van der Waals surface area (Å²) in [5.74, 6) is 0.189. The summed E-state index contributed by atoms with van der Waals surface area (Å²) in [4.78, 5) is 14.7. The Hall–Kier alpha value is -0.900. The van der Waals surface area contributed by atoms with Gasteiger partial charge >= 0.3 is 0 Å². The minimum absolute atomic E-state index is 0.189. The first kappa shape index (κ1) is 15.5. The van der Waals surface area contributed by atoms with Gasteiger partial charge < -0.3 is 5.32 Å². The zero-order valence-electron chi connectivity index (χ0n) is 12.1. The average Bonchev–Trinajstić information content (AvgIpc) is 2.48. The van der Waals surface area contributed by atoms with Crippen LogP contribution in [0.25, 0.3) is 0 Å². The Bertz CT molecular complexity index is 427. The van der Waals surface area contributed by atoms with E-state index < -0.39 is 0 Å². The Balaban J connectivity index is 1.99. The largest absolute Gasteiger partial charge is 0.317 e. The van der Waals surface area contributed by atoms with Crippen LogP contribution in [0.4, 0.5) is 0 Å². The van der Waals surface area contributed by atoms with Gasteiger partial charge in [-0.25, -0.2) is 0 Å². The first-order chi connectivity index (χ1) is 9.70. The predicted octanol–water partition coefficient (Wildman–Crippen LogP) is 2.99. The van der Waals surface area contributed by atoms with E-state index in [1.165, 1.54) is 0 Å². The molecule has 0 aliphatic carbocycles. The van der Waals surface area contributed by atoms with Gasteiger partial charge in [0.1, 0.15) is 0 Å². The summed E-state index contributed by atoms with van der Waals surface area (Å²) in [7, 11) is 0. The predicted molar refractivity (Wildman–Crippen MR) is 83.5 cm³/mol. The van der Waals surface area contributed by atoms with Crippen molar-refractivity contribution in [1.82, 2.24) is 10.2 Å². The summed E-state index contributed by atoms with van der Waals surface area (Å²) < 4.78 is 0. The first-order valence-electron chi connectivity index (χ1n) is 7.44. The number of piperidine rings is 1. The number of rotatable bonds is 6. The first-order valence-corrected chi connectivity index (χ1v) is 7.82. The van der Waals surface area contributed by atoms with Crippen molar-refractivity contribution in [2.24, 2.45) is 0 Å². The molecule has 4 heteroatoms. The molecule has 1 saturated heterocycles. The number of ketones is 1. The van der Waals surface area contributed by atoms with E-state index in [-0.39, 0.29) is 5.78 Å². The van der Waals surface area contributed by atoms with E-state index in [0.29, 0.717) is 17.6 Å². The number of carbonyl (C=O) groups excluding carboxylic acids is 1. The van der Waals surface area contributed by atoms with E-state index in [1.807, 2.05) is 12.1 Å². The molecule has 3 nitrogen and oxygen atoms in total. The minimum atomic E-state index is 0.189. The van der Waals surface area contributed by atoms with Crippen molar-refractivity contribution in [3.8, 4) is 0 Å². The topological polar surface area (TPSA) is 32.3 Å². The molecule has 0 unspecified atom stereocenters. The summed E-state index contributed by atoms with van der Waals surface area (Å²) >= 11 is 5.86. The highest BCUT2D eigenvalue weighted by Gasteiger charge is 2.22. The van der Waals surface area contributed by atoms with Crippen molar-refractivity contribution in [2.75, 3.05) is 26.2 Å². The summed E-state index contributed by atoms with van der Waals surface area (Å²) in [6.45, 7) is 5.78. The molecule has 1 aliphatic heterocycles. The van der Waals surface area contributed by atoms with E-state index >= 15 is 0 Å². The Morgan fingerprint density at radius 1 is 1.30 bits per heavy atom. The molecule has 1 aliphatic rings. The van der Waals surface area contributed by atoms with E-state index in [0.717, 1.165) is 44.5 Å². The third kappa shape index (κ3) is 4.30. The molecule has 1 aromatic rings. The molecule has 1 N–H and O–H groups in total. The SMILES string of the molecule is CCCN(CC(=O)c1ccc(Cl)cc1)C1CCNCC1. The van der Waals surface area contributed by atoms with Crippen molar-refractivity contribution in [3.63, 3.8) is 0 Å². The smallest absolute Gasteiger partial charge is 0.176 e. The van der Waals surface area contributed by atoms with Crippen molar-refractivity contribution >= 4 is 17.4 Å². The van der Waals surface area contributed by atoms with Gasteiger partial charge in [-0.2, -0.15) is 0 Å². The minimum Gasteiger partial charge on any atom is -0.317 e. The highest BCUT2D eigenvalue weighted by atomic mass is 35.5. The van der Waals surface area contributed by atoms with Crippen molar-refractivity contribution in [3.05, 3.63) is 34.9 Å². The number of nitrogens with zero attached hydrogens (tertiary/aromatic N) is 1. The number of carbonyl (C=O) groups is 1. The average molecular weight is 295 g/mol. The monoisotopic (exact) mass is 294 g/mol. The molecule has 1 aromatic carbocycles. The molecule has 0 saturated carbocycles. The Morgan fingerprint density at radius 3 is 2.55 bits per heavy atom. The summed E-state index contributed by atoms with van der Waals surface area (Å²) in [6.07, 6.45) is 3.35.